The largest absolute Gasteiger partial charge is 0.389 e. The zero-order valence-electron chi connectivity index (χ0n) is 11.8. The monoisotopic (exact) mass is 283 g/mol. The van der Waals surface area contributed by atoms with Crippen LogP contribution < -0.4 is 0 Å². The second-order valence-electron chi connectivity index (χ2n) is 4.91. The number of hydrogen-bond donors (Lipinski definition) is 1. The molecular weight excluding hydrogens is 266 g/mol. The average Bonchev–Trinajstić information content (AvgIpc) is 2.42. The minimum Gasteiger partial charge on any atom is -0.389 e. The van der Waals surface area contributed by atoms with Gasteiger partial charge in [-0.2, -0.15) is 5.26 Å². The molecule has 102 valence electrons. The SMILES string of the molecule is Cc1ccc(C)c(Sc2cc(C#N)ccc2C(C)O)c1. The summed E-state index contributed by atoms with van der Waals surface area (Å²) in [5.41, 5.74) is 3.87. The minimum absolute atomic E-state index is 0.546. The fourth-order valence-corrected chi connectivity index (χ4v) is 3.23. The first kappa shape index (κ1) is 14.6. The Labute approximate surface area is 124 Å². The van der Waals surface area contributed by atoms with Gasteiger partial charge in [0.2, 0.25) is 0 Å². The zero-order chi connectivity index (χ0) is 14.7. The van der Waals surface area contributed by atoms with Gasteiger partial charge in [-0.25, -0.2) is 0 Å². The van der Waals surface area contributed by atoms with Crippen molar-refractivity contribution in [3.63, 3.8) is 0 Å². The number of aliphatic hydroxyl groups excluding tert-OH is 1. The molecule has 0 bridgehead atoms. The van der Waals surface area contributed by atoms with Gasteiger partial charge in [0.05, 0.1) is 17.7 Å². The van der Waals surface area contributed by atoms with E-state index in [1.165, 1.54) is 11.1 Å². The molecule has 0 fully saturated rings. The third-order valence-corrected chi connectivity index (χ3v) is 4.39. The summed E-state index contributed by atoms with van der Waals surface area (Å²) in [6.45, 7) is 5.87. The van der Waals surface area contributed by atoms with E-state index in [4.69, 9.17) is 5.26 Å². The van der Waals surface area contributed by atoms with Crippen LogP contribution in [0.15, 0.2) is 46.2 Å². The van der Waals surface area contributed by atoms with Crippen LogP contribution >= 0.6 is 11.8 Å². The Hall–Kier alpha value is -1.76. The van der Waals surface area contributed by atoms with Crippen molar-refractivity contribution in [2.45, 2.75) is 36.7 Å². The molecule has 1 atom stereocenters. The molecule has 0 amide bonds. The first-order valence-electron chi connectivity index (χ1n) is 6.48. The summed E-state index contributed by atoms with van der Waals surface area (Å²) in [5.74, 6) is 0. The number of benzene rings is 2. The fourth-order valence-electron chi connectivity index (χ4n) is 1.97. The molecule has 2 aromatic carbocycles. The summed E-state index contributed by atoms with van der Waals surface area (Å²) in [7, 11) is 0. The van der Waals surface area contributed by atoms with Gasteiger partial charge < -0.3 is 5.11 Å². The van der Waals surface area contributed by atoms with E-state index in [-0.39, 0.29) is 0 Å². The van der Waals surface area contributed by atoms with Crippen LogP contribution in [0.1, 0.15) is 35.3 Å². The van der Waals surface area contributed by atoms with E-state index in [1.54, 1.807) is 24.8 Å². The highest BCUT2D eigenvalue weighted by Crippen LogP contribution is 2.36. The van der Waals surface area contributed by atoms with E-state index in [1.807, 2.05) is 12.1 Å². The summed E-state index contributed by atoms with van der Waals surface area (Å²) in [4.78, 5) is 2.09. The van der Waals surface area contributed by atoms with Crippen LogP contribution in [0.3, 0.4) is 0 Å². The molecule has 0 aliphatic rings. The lowest BCUT2D eigenvalue weighted by Crippen LogP contribution is -1.95. The third-order valence-electron chi connectivity index (χ3n) is 3.16. The summed E-state index contributed by atoms with van der Waals surface area (Å²) < 4.78 is 0. The maximum Gasteiger partial charge on any atom is 0.0992 e. The maximum atomic E-state index is 9.87. The molecule has 0 aliphatic heterocycles. The van der Waals surface area contributed by atoms with Gasteiger partial charge in [0.25, 0.3) is 0 Å². The molecule has 0 saturated heterocycles. The molecule has 2 aromatic rings. The highest BCUT2D eigenvalue weighted by atomic mass is 32.2. The van der Waals surface area contributed by atoms with Crippen LogP contribution in [0.4, 0.5) is 0 Å². The second-order valence-corrected chi connectivity index (χ2v) is 6.00. The normalized spacial score (nSPS) is 11.9. The smallest absolute Gasteiger partial charge is 0.0992 e. The van der Waals surface area contributed by atoms with Gasteiger partial charge in [-0.05, 0) is 55.7 Å². The van der Waals surface area contributed by atoms with E-state index in [2.05, 4.69) is 38.1 Å². The Kier molecular flexibility index (Phi) is 4.49. The number of nitrogens with zero attached hydrogens (tertiary/aromatic N) is 1. The van der Waals surface area contributed by atoms with Gasteiger partial charge in [0.15, 0.2) is 0 Å². The number of rotatable bonds is 3. The van der Waals surface area contributed by atoms with Crippen molar-refractivity contribution in [1.29, 1.82) is 5.26 Å². The summed E-state index contributed by atoms with van der Waals surface area (Å²) in [6.07, 6.45) is -0.546. The van der Waals surface area contributed by atoms with Crippen molar-refractivity contribution in [2.24, 2.45) is 0 Å². The van der Waals surface area contributed by atoms with Gasteiger partial charge in [0.1, 0.15) is 0 Å². The highest BCUT2D eigenvalue weighted by Gasteiger charge is 2.11. The van der Waals surface area contributed by atoms with Crippen molar-refractivity contribution in [1.82, 2.24) is 0 Å². The molecular formula is C17H17NOS. The first-order chi connectivity index (χ1) is 9.51. The number of aliphatic hydroxyl groups is 1. The lowest BCUT2D eigenvalue weighted by Gasteiger charge is -2.13. The van der Waals surface area contributed by atoms with Crippen LogP contribution in [0, 0.1) is 25.2 Å². The second kappa shape index (κ2) is 6.13. The molecule has 3 heteroatoms. The number of hydrogen-bond acceptors (Lipinski definition) is 3. The fraction of sp³-hybridized carbons (Fsp3) is 0.235. The number of aryl methyl sites for hydroxylation is 2. The van der Waals surface area contributed by atoms with Gasteiger partial charge in [-0.1, -0.05) is 30.0 Å². The average molecular weight is 283 g/mol. The quantitative estimate of drug-likeness (QED) is 0.909. The zero-order valence-corrected chi connectivity index (χ0v) is 12.7. The Morgan fingerprint density at radius 3 is 2.50 bits per heavy atom. The van der Waals surface area contributed by atoms with Crippen molar-refractivity contribution >= 4 is 11.8 Å². The minimum atomic E-state index is -0.546. The molecule has 0 aliphatic carbocycles. The first-order valence-corrected chi connectivity index (χ1v) is 7.30. The van der Waals surface area contributed by atoms with Crippen molar-refractivity contribution in [3.8, 4) is 6.07 Å². The standard InChI is InChI=1S/C17H17NOS/c1-11-4-5-12(2)16(8-11)20-17-9-14(10-18)6-7-15(17)13(3)19/h4-9,13,19H,1-3H3. The Morgan fingerprint density at radius 2 is 1.85 bits per heavy atom. The van der Waals surface area contributed by atoms with Crippen LogP contribution in [0.25, 0.3) is 0 Å². The molecule has 1 N–H and O–H groups in total. The summed E-state index contributed by atoms with van der Waals surface area (Å²) >= 11 is 1.60. The summed E-state index contributed by atoms with van der Waals surface area (Å²) in [6, 6.07) is 13.9. The van der Waals surface area contributed by atoms with Gasteiger partial charge in [-0.3, -0.25) is 0 Å². The van der Waals surface area contributed by atoms with Crippen LogP contribution in [-0.2, 0) is 0 Å². The molecule has 0 aromatic heterocycles. The van der Waals surface area contributed by atoms with Crippen LogP contribution in [0.5, 0.6) is 0 Å². The maximum absolute atomic E-state index is 9.87. The summed E-state index contributed by atoms with van der Waals surface area (Å²) in [5, 5.41) is 18.9. The van der Waals surface area contributed by atoms with Gasteiger partial charge in [-0.15, -0.1) is 0 Å². The van der Waals surface area contributed by atoms with Crippen molar-refractivity contribution < 1.29 is 5.11 Å². The molecule has 20 heavy (non-hydrogen) atoms. The molecule has 0 saturated carbocycles. The Bertz CT molecular complexity index is 671. The van der Waals surface area contributed by atoms with E-state index in [9.17, 15) is 5.11 Å². The molecule has 0 radical (unpaired) electrons. The van der Waals surface area contributed by atoms with E-state index < -0.39 is 6.10 Å². The molecule has 0 spiro atoms. The van der Waals surface area contributed by atoms with E-state index in [0.717, 1.165) is 15.4 Å². The molecule has 1 unspecified atom stereocenters. The van der Waals surface area contributed by atoms with Crippen molar-refractivity contribution in [3.05, 3.63) is 58.7 Å². The molecule has 0 heterocycles. The van der Waals surface area contributed by atoms with E-state index >= 15 is 0 Å². The number of nitriles is 1. The van der Waals surface area contributed by atoms with Gasteiger partial charge in [0, 0.05) is 9.79 Å². The lowest BCUT2D eigenvalue weighted by molar-refractivity contribution is 0.196. The predicted octanol–water partition coefficient (Wildman–Crippen LogP) is 4.38. The lowest BCUT2D eigenvalue weighted by atomic mass is 10.1. The topological polar surface area (TPSA) is 44.0 Å². The predicted molar refractivity (Wildman–Crippen MR) is 81.8 cm³/mol. The third kappa shape index (κ3) is 3.22. The Morgan fingerprint density at radius 1 is 1.10 bits per heavy atom. The Balaban J connectivity index is 2.46. The van der Waals surface area contributed by atoms with Crippen molar-refractivity contribution in [2.75, 3.05) is 0 Å². The van der Waals surface area contributed by atoms with Gasteiger partial charge >= 0.3 is 0 Å². The highest BCUT2D eigenvalue weighted by molar-refractivity contribution is 7.99. The van der Waals surface area contributed by atoms with E-state index in [0.29, 0.717) is 5.56 Å². The van der Waals surface area contributed by atoms with Crippen LogP contribution in [-0.4, -0.2) is 5.11 Å². The van der Waals surface area contributed by atoms with Crippen LogP contribution in [0.2, 0.25) is 0 Å². The molecule has 2 nitrogen and oxygen atoms in total. The molecule has 2 rings (SSSR count).